The number of nitrogens with two attached hydrogens (primary N) is 1. The van der Waals surface area contributed by atoms with Gasteiger partial charge in [-0.25, -0.2) is 0 Å². The molecule has 106 valence electrons. The minimum Gasteiger partial charge on any atom is -0.381 e. The molecule has 0 amide bonds. The first-order chi connectivity index (χ1) is 8.65. The van der Waals surface area contributed by atoms with Crippen LogP contribution < -0.4 is 5.73 Å². The van der Waals surface area contributed by atoms with E-state index < -0.39 is 0 Å². The van der Waals surface area contributed by atoms with E-state index in [4.69, 9.17) is 10.5 Å². The van der Waals surface area contributed by atoms with Crippen molar-refractivity contribution >= 4 is 0 Å². The molecule has 2 fully saturated rings. The maximum absolute atomic E-state index is 6.06. The van der Waals surface area contributed by atoms with Crippen LogP contribution in [0.1, 0.15) is 46.0 Å². The Labute approximate surface area is 112 Å². The smallest absolute Gasteiger partial charge is 0.0546 e. The second kappa shape index (κ2) is 6.36. The average Bonchev–Trinajstić information content (AvgIpc) is 3.20. The van der Waals surface area contributed by atoms with E-state index in [1.165, 1.54) is 38.6 Å². The summed E-state index contributed by atoms with van der Waals surface area (Å²) < 4.78 is 5.70. The number of hydrogen-bond acceptors (Lipinski definition) is 3. The Morgan fingerprint density at radius 1 is 1.39 bits per heavy atom. The van der Waals surface area contributed by atoms with Gasteiger partial charge in [-0.05, 0) is 44.6 Å². The summed E-state index contributed by atoms with van der Waals surface area (Å²) in [7, 11) is 0. The van der Waals surface area contributed by atoms with Gasteiger partial charge in [-0.1, -0.05) is 13.8 Å². The van der Waals surface area contributed by atoms with Gasteiger partial charge < -0.3 is 10.5 Å². The van der Waals surface area contributed by atoms with Crippen LogP contribution in [-0.4, -0.2) is 43.8 Å². The molecular formula is C15H30N2O. The Hall–Kier alpha value is -0.120. The summed E-state index contributed by atoms with van der Waals surface area (Å²) in [6.45, 7) is 9.59. The van der Waals surface area contributed by atoms with Crippen molar-refractivity contribution in [2.75, 3.05) is 32.8 Å². The predicted octanol–water partition coefficient (Wildman–Crippen LogP) is 2.25. The molecule has 0 bridgehead atoms. The summed E-state index contributed by atoms with van der Waals surface area (Å²) in [5.41, 5.74) is 6.29. The highest BCUT2D eigenvalue weighted by atomic mass is 16.5. The first-order valence-electron chi connectivity index (χ1n) is 7.67. The van der Waals surface area contributed by atoms with Gasteiger partial charge in [-0.3, -0.25) is 4.90 Å². The van der Waals surface area contributed by atoms with Crippen LogP contribution in [0.2, 0.25) is 0 Å². The van der Waals surface area contributed by atoms with Gasteiger partial charge in [-0.2, -0.15) is 0 Å². The highest BCUT2D eigenvalue weighted by Gasteiger charge is 2.38. The molecule has 0 aromatic carbocycles. The molecule has 1 saturated heterocycles. The van der Waals surface area contributed by atoms with Crippen molar-refractivity contribution in [1.82, 2.24) is 4.90 Å². The van der Waals surface area contributed by atoms with Crippen LogP contribution in [0.4, 0.5) is 0 Å². The first kappa shape index (κ1) is 14.3. The summed E-state index contributed by atoms with van der Waals surface area (Å²) in [5, 5.41) is 0. The van der Waals surface area contributed by atoms with Crippen molar-refractivity contribution in [1.29, 1.82) is 0 Å². The van der Waals surface area contributed by atoms with Crippen LogP contribution in [0.3, 0.4) is 0 Å². The van der Waals surface area contributed by atoms with Gasteiger partial charge in [0.15, 0.2) is 0 Å². The van der Waals surface area contributed by atoms with Gasteiger partial charge in [0, 0.05) is 31.2 Å². The minimum absolute atomic E-state index is 0.234. The zero-order chi connectivity index (χ0) is 13.0. The van der Waals surface area contributed by atoms with E-state index >= 15 is 0 Å². The quantitative estimate of drug-likeness (QED) is 0.757. The number of ether oxygens (including phenoxy) is 1. The Morgan fingerprint density at radius 2 is 2.17 bits per heavy atom. The molecule has 2 N–H and O–H groups in total. The molecule has 3 heteroatoms. The largest absolute Gasteiger partial charge is 0.381 e. The first-order valence-corrected chi connectivity index (χ1v) is 7.67. The van der Waals surface area contributed by atoms with E-state index in [0.29, 0.717) is 0 Å². The fourth-order valence-electron chi connectivity index (χ4n) is 2.95. The fourth-order valence-corrected chi connectivity index (χ4v) is 2.95. The Balaban J connectivity index is 1.89. The molecule has 1 atom stereocenters. The molecule has 0 spiro atoms. The second-order valence-electron chi connectivity index (χ2n) is 6.74. The molecule has 0 aromatic heterocycles. The maximum Gasteiger partial charge on any atom is 0.0546 e. The molecular weight excluding hydrogens is 224 g/mol. The second-order valence-corrected chi connectivity index (χ2v) is 6.74. The summed E-state index contributed by atoms with van der Waals surface area (Å²) in [6, 6.07) is 0.842. The van der Waals surface area contributed by atoms with Crippen LogP contribution in [-0.2, 0) is 4.74 Å². The van der Waals surface area contributed by atoms with Crippen molar-refractivity contribution < 1.29 is 4.74 Å². The molecule has 18 heavy (non-hydrogen) atoms. The molecule has 2 rings (SSSR count). The standard InChI is InChI=1S/C15H30N2O/c1-13(2)6-8-17(14-4-5-14)11-15(10-16)7-3-9-18-12-15/h13-14H,3-12,16H2,1-2H3. The van der Waals surface area contributed by atoms with Gasteiger partial charge in [0.05, 0.1) is 6.61 Å². The highest BCUT2D eigenvalue weighted by molar-refractivity contribution is 4.92. The van der Waals surface area contributed by atoms with Crippen LogP contribution in [0, 0.1) is 11.3 Å². The zero-order valence-electron chi connectivity index (χ0n) is 12.2. The van der Waals surface area contributed by atoms with E-state index in [1.807, 2.05) is 0 Å². The number of hydrogen-bond donors (Lipinski definition) is 1. The molecule has 1 aliphatic carbocycles. The van der Waals surface area contributed by atoms with E-state index in [1.54, 1.807) is 0 Å². The van der Waals surface area contributed by atoms with E-state index in [9.17, 15) is 0 Å². The number of nitrogens with zero attached hydrogens (tertiary/aromatic N) is 1. The monoisotopic (exact) mass is 254 g/mol. The molecule has 0 radical (unpaired) electrons. The van der Waals surface area contributed by atoms with Crippen molar-refractivity contribution in [3.05, 3.63) is 0 Å². The molecule has 2 aliphatic rings. The summed E-state index contributed by atoms with van der Waals surface area (Å²) in [6.07, 6.45) is 6.51. The van der Waals surface area contributed by atoms with Crippen LogP contribution in [0.5, 0.6) is 0 Å². The van der Waals surface area contributed by atoms with Crippen molar-refractivity contribution in [3.8, 4) is 0 Å². The molecule has 0 aromatic rings. The van der Waals surface area contributed by atoms with Crippen LogP contribution in [0.15, 0.2) is 0 Å². The van der Waals surface area contributed by atoms with Crippen molar-refractivity contribution in [2.45, 2.75) is 52.0 Å². The van der Waals surface area contributed by atoms with Crippen LogP contribution >= 0.6 is 0 Å². The lowest BCUT2D eigenvalue weighted by Gasteiger charge is -2.40. The molecule has 1 unspecified atom stereocenters. The molecule has 3 nitrogen and oxygen atoms in total. The topological polar surface area (TPSA) is 38.5 Å². The third-order valence-electron chi connectivity index (χ3n) is 4.43. The Kier molecular flexibility index (Phi) is 5.05. The van der Waals surface area contributed by atoms with E-state index in [2.05, 4.69) is 18.7 Å². The lowest BCUT2D eigenvalue weighted by molar-refractivity contribution is -0.0237. The van der Waals surface area contributed by atoms with Gasteiger partial charge in [0.25, 0.3) is 0 Å². The summed E-state index contributed by atoms with van der Waals surface area (Å²) in [5.74, 6) is 0.794. The Bertz CT molecular complexity index is 245. The van der Waals surface area contributed by atoms with E-state index in [-0.39, 0.29) is 5.41 Å². The van der Waals surface area contributed by atoms with Gasteiger partial charge in [0.2, 0.25) is 0 Å². The third-order valence-corrected chi connectivity index (χ3v) is 4.43. The maximum atomic E-state index is 6.06. The van der Waals surface area contributed by atoms with Crippen LogP contribution in [0.25, 0.3) is 0 Å². The zero-order valence-corrected chi connectivity index (χ0v) is 12.2. The lowest BCUT2D eigenvalue weighted by atomic mass is 9.82. The SMILES string of the molecule is CC(C)CCN(CC1(CN)CCCOC1)C1CC1. The van der Waals surface area contributed by atoms with Gasteiger partial charge in [0.1, 0.15) is 0 Å². The predicted molar refractivity (Wildman–Crippen MR) is 75.6 cm³/mol. The van der Waals surface area contributed by atoms with Crippen molar-refractivity contribution in [2.24, 2.45) is 17.1 Å². The molecule has 1 heterocycles. The normalized spacial score (nSPS) is 29.2. The van der Waals surface area contributed by atoms with E-state index in [0.717, 1.165) is 38.3 Å². The average molecular weight is 254 g/mol. The molecule has 1 aliphatic heterocycles. The highest BCUT2D eigenvalue weighted by Crippen LogP contribution is 2.34. The van der Waals surface area contributed by atoms with Gasteiger partial charge in [-0.15, -0.1) is 0 Å². The van der Waals surface area contributed by atoms with Crippen molar-refractivity contribution in [3.63, 3.8) is 0 Å². The van der Waals surface area contributed by atoms with Gasteiger partial charge >= 0.3 is 0 Å². The summed E-state index contributed by atoms with van der Waals surface area (Å²) in [4.78, 5) is 2.70. The number of rotatable bonds is 7. The Morgan fingerprint density at radius 3 is 2.67 bits per heavy atom. The minimum atomic E-state index is 0.234. The third kappa shape index (κ3) is 3.94. The summed E-state index contributed by atoms with van der Waals surface area (Å²) >= 11 is 0. The molecule has 1 saturated carbocycles. The lowest BCUT2D eigenvalue weighted by Crippen LogP contribution is -2.48. The fraction of sp³-hybridized carbons (Fsp3) is 1.00.